The Labute approximate surface area is 169 Å². The fourth-order valence-electron chi connectivity index (χ4n) is 4.21. The molecule has 3 atom stereocenters. The van der Waals surface area contributed by atoms with Crippen molar-refractivity contribution in [2.45, 2.75) is 58.5 Å². The van der Waals surface area contributed by atoms with Gasteiger partial charge in [-0.25, -0.2) is 0 Å². The lowest BCUT2D eigenvalue weighted by Crippen LogP contribution is -2.44. The molecule has 0 bridgehead atoms. The van der Waals surface area contributed by atoms with E-state index in [9.17, 15) is 9.90 Å². The summed E-state index contributed by atoms with van der Waals surface area (Å²) in [5.74, 6) is 0.0794. The summed E-state index contributed by atoms with van der Waals surface area (Å²) >= 11 is 0. The van der Waals surface area contributed by atoms with Gasteiger partial charge in [-0.2, -0.15) is 0 Å². The second-order valence-corrected chi connectivity index (χ2v) is 9.17. The van der Waals surface area contributed by atoms with Gasteiger partial charge >= 0.3 is 5.97 Å². The van der Waals surface area contributed by atoms with Crippen LogP contribution < -0.4 is 0 Å². The van der Waals surface area contributed by atoms with Crippen molar-refractivity contribution in [3.05, 3.63) is 59.7 Å². The topological polar surface area (TPSA) is 46.5 Å². The number of hydrogen-bond donors (Lipinski definition) is 1. The third-order valence-electron chi connectivity index (χ3n) is 6.12. The van der Waals surface area contributed by atoms with Gasteiger partial charge in [0.15, 0.2) is 0 Å². The lowest BCUT2D eigenvalue weighted by Gasteiger charge is -2.43. The van der Waals surface area contributed by atoms with E-state index < -0.39 is 17.5 Å². The van der Waals surface area contributed by atoms with Crippen LogP contribution in [0.1, 0.15) is 58.4 Å². The van der Waals surface area contributed by atoms with Crippen LogP contribution in [-0.2, 0) is 9.53 Å². The average molecular weight is 383 g/mol. The largest absolute Gasteiger partial charge is 0.481 e. The van der Waals surface area contributed by atoms with Gasteiger partial charge < -0.3 is 9.84 Å². The summed E-state index contributed by atoms with van der Waals surface area (Å²) in [6.45, 7) is 9.34. The number of aliphatic carboxylic acids is 1. The third-order valence-corrected chi connectivity index (χ3v) is 6.12. The average Bonchev–Trinajstić information content (AvgIpc) is 3.49. The minimum absolute atomic E-state index is 0.0152. The SMILES string of the molecule is CC(C)CC(C(=O)O)C1=CC(c2ccccc2)C(OCC2CC2)(C(C)C)C=C1. The predicted molar refractivity (Wildman–Crippen MR) is 113 cm³/mol. The molecule has 3 nitrogen and oxygen atoms in total. The van der Waals surface area contributed by atoms with Crippen molar-refractivity contribution in [3.8, 4) is 0 Å². The van der Waals surface area contributed by atoms with Crippen LogP contribution in [0.3, 0.4) is 0 Å². The highest BCUT2D eigenvalue weighted by Crippen LogP contribution is 2.46. The minimum Gasteiger partial charge on any atom is -0.481 e. The second kappa shape index (κ2) is 8.65. The smallest absolute Gasteiger partial charge is 0.310 e. The summed E-state index contributed by atoms with van der Waals surface area (Å²) < 4.78 is 6.61. The zero-order chi connectivity index (χ0) is 20.3. The van der Waals surface area contributed by atoms with Gasteiger partial charge in [0.05, 0.1) is 18.1 Å². The van der Waals surface area contributed by atoms with Crippen LogP contribution in [-0.4, -0.2) is 23.3 Å². The monoisotopic (exact) mass is 382 g/mol. The van der Waals surface area contributed by atoms with Crippen molar-refractivity contribution in [3.63, 3.8) is 0 Å². The van der Waals surface area contributed by atoms with Crippen LogP contribution >= 0.6 is 0 Å². The molecular weight excluding hydrogens is 348 g/mol. The molecule has 0 aromatic heterocycles. The molecule has 152 valence electrons. The molecule has 3 rings (SSSR count). The maximum absolute atomic E-state index is 12.0. The van der Waals surface area contributed by atoms with Crippen LogP contribution in [0.4, 0.5) is 0 Å². The molecule has 0 saturated heterocycles. The van der Waals surface area contributed by atoms with Crippen molar-refractivity contribution >= 4 is 5.97 Å². The second-order valence-electron chi connectivity index (χ2n) is 9.17. The quantitative estimate of drug-likeness (QED) is 0.584. The Bertz CT molecular complexity index is 727. The zero-order valence-electron chi connectivity index (χ0n) is 17.6. The van der Waals surface area contributed by atoms with Crippen molar-refractivity contribution < 1.29 is 14.6 Å². The number of rotatable bonds is 9. The van der Waals surface area contributed by atoms with E-state index in [1.807, 2.05) is 12.1 Å². The molecule has 0 heterocycles. The maximum atomic E-state index is 12.0. The van der Waals surface area contributed by atoms with Crippen molar-refractivity contribution in [2.75, 3.05) is 6.61 Å². The maximum Gasteiger partial charge on any atom is 0.310 e. The van der Waals surface area contributed by atoms with Gasteiger partial charge in [0.1, 0.15) is 0 Å². The van der Waals surface area contributed by atoms with Gasteiger partial charge in [-0.3, -0.25) is 4.79 Å². The van der Waals surface area contributed by atoms with Gasteiger partial charge in [0.25, 0.3) is 0 Å². The van der Waals surface area contributed by atoms with Crippen LogP contribution in [0.15, 0.2) is 54.1 Å². The molecule has 1 aromatic carbocycles. The van der Waals surface area contributed by atoms with Crippen molar-refractivity contribution in [2.24, 2.45) is 23.7 Å². The summed E-state index contributed by atoms with van der Waals surface area (Å²) in [4.78, 5) is 12.0. The van der Waals surface area contributed by atoms with E-state index in [-0.39, 0.29) is 11.8 Å². The molecule has 2 aliphatic carbocycles. The van der Waals surface area contributed by atoms with E-state index in [1.54, 1.807) is 0 Å². The Hall–Kier alpha value is -1.87. The van der Waals surface area contributed by atoms with Gasteiger partial charge in [-0.05, 0) is 48.2 Å². The normalized spacial score (nSPS) is 25.8. The Morgan fingerprint density at radius 2 is 1.86 bits per heavy atom. The molecule has 3 heteroatoms. The number of carbonyl (C=O) groups is 1. The number of allylic oxidation sites excluding steroid dienone is 1. The molecule has 1 N–H and O–H groups in total. The Kier molecular flexibility index (Phi) is 6.44. The molecule has 1 fully saturated rings. The summed E-state index contributed by atoms with van der Waals surface area (Å²) in [5, 5.41) is 9.85. The number of hydrogen-bond acceptors (Lipinski definition) is 2. The van der Waals surface area contributed by atoms with E-state index >= 15 is 0 Å². The van der Waals surface area contributed by atoms with E-state index in [0.29, 0.717) is 18.3 Å². The van der Waals surface area contributed by atoms with Crippen molar-refractivity contribution in [1.82, 2.24) is 0 Å². The fraction of sp³-hybridized carbons (Fsp3) is 0.560. The van der Waals surface area contributed by atoms with Gasteiger partial charge in [-0.1, -0.05) is 76.3 Å². The molecule has 0 spiro atoms. The van der Waals surface area contributed by atoms with E-state index in [1.165, 1.54) is 18.4 Å². The van der Waals surface area contributed by atoms with Crippen LogP contribution in [0.5, 0.6) is 0 Å². The lowest BCUT2D eigenvalue weighted by molar-refractivity contribution is -0.140. The highest BCUT2D eigenvalue weighted by atomic mass is 16.5. The first-order valence-electron chi connectivity index (χ1n) is 10.7. The van der Waals surface area contributed by atoms with E-state index in [0.717, 1.165) is 12.2 Å². The number of carboxylic acid groups (broad SMARTS) is 1. The van der Waals surface area contributed by atoms with E-state index in [2.05, 4.69) is 64.1 Å². The number of carboxylic acids is 1. The van der Waals surface area contributed by atoms with Crippen molar-refractivity contribution in [1.29, 1.82) is 0 Å². The highest BCUT2D eigenvalue weighted by Gasteiger charge is 2.44. The standard InChI is InChI=1S/C25H34O3/c1-17(2)14-22(24(26)27)21-12-13-25(18(3)4,28-16-19-10-11-19)23(15-21)20-8-6-5-7-9-20/h5-9,12-13,15,17-19,22-23H,10-11,14,16H2,1-4H3,(H,26,27). The Morgan fingerprint density at radius 1 is 1.18 bits per heavy atom. The van der Waals surface area contributed by atoms with Crippen LogP contribution in [0.25, 0.3) is 0 Å². The molecule has 0 amide bonds. The van der Waals surface area contributed by atoms with Gasteiger partial charge in [0, 0.05) is 5.92 Å². The van der Waals surface area contributed by atoms with Gasteiger partial charge in [-0.15, -0.1) is 0 Å². The first-order valence-corrected chi connectivity index (χ1v) is 10.7. The van der Waals surface area contributed by atoms with E-state index in [4.69, 9.17) is 4.74 Å². The summed E-state index contributed by atoms with van der Waals surface area (Å²) in [6, 6.07) is 10.4. The molecule has 0 radical (unpaired) electrons. The summed E-state index contributed by atoms with van der Waals surface area (Å²) in [7, 11) is 0. The van der Waals surface area contributed by atoms with Crippen LogP contribution in [0.2, 0.25) is 0 Å². The lowest BCUT2D eigenvalue weighted by atomic mass is 9.69. The Morgan fingerprint density at radius 3 is 2.39 bits per heavy atom. The first kappa shape index (κ1) is 20.9. The third kappa shape index (κ3) is 4.57. The molecule has 1 saturated carbocycles. The molecule has 28 heavy (non-hydrogen) atoms. The number of benzene rings is 1. The Balaban J connectivity index is 2.01. The zero-order valence-corrected chi connectivity index (χ0v) is 17.6. The highest BCUT2D eigenvalue weighted by molar-refractivity contribution is 5.75. The predicted octanol–water partition coefficient (Wildman–Crippen LogP) is 5.83. The minimum atomic E-state index is -0.743. The number of ether oxygens (including phenoxy) is 1. The molecule has 0 aliphatic heterocycles. The fourth-order valence-corrected chi connectivity index (χ4v) is 4.21. The molecule has 2 aliphatic rings. The first-order chi connectivity index (χ1) is 13.3. The molecule has 1 aromatic rings. The molecular formula is C25H34O3. The molecule has 3 unspecified atom stereocenters. The van der Waals surface area contributed by atoms with Gasteiger partial charge in [0.2, 0.25) is 0 Å². The van der Waals surface area contributed by atoms with Crippen LogP contribution in [0, 0.1) is 23.7 Å². The summed E-state index contributed by atoms with van der Waals surface area (Å²) in [6.07, 6.45) is 9.50. The summed E-state index contributed by atoms with van der Waals surface area (Å²) in [5.41, 5.74) is 1.65.